The van der Waals surface area contributed by atoms with Crippen LogP contribution >= 0.6 is 23.5 Å². The standard InChI is InChI=1S/C24H18F2S2/c1-27-21-13-11-16-15(23(21)17-7-3-5-9-19(17)25)12-14-22(28-2)24(16)18-8-4-6-10-20(18)26/h3-14H,1-2H3. The predicted octanol–water partition coefficient (Wildman–Crippen LogP) is 7.90. The van der Waals surface area contributed by atoms with E-state index in [0.717, 1.165) is 31.7 Å². The summed E-state index contributed by atoms with van der Waals surface area (Å²) in [6, 6.07) is 21.7. The summed E-state index contributed by atoms with van der Waals surface area (Å²) in [6.07, 6.45) is 3.97. The second-order valence-corrected chi connectivity index (χ2v) is 8.04. The van der Waals surface area contributed by atoms with Crippen molar-refractivity contribution in [2.24, 2.45) is 0 Å². The first-order valence-electron chi connectivity index (χ1n) is 8.83. The summed E-state index contributed by atoms with van der Waals surface area (Å²) in [5.41, 5.74) is 2.84. The van der Waals surface area contributed by atoms with E-state index in [2.05, 4.69) is 0 Å². The van der Waals surface area contributed by atoms with Gasteiger partial charge in [-0.25, -0.2) is 8.78 Å². The van der Waals surface area contributed by atoms with Crippen molar-refractivity contribution in [3.63, 3.8) is 0 Å². The van der Waals surface area contributed by atoms with Gasteiger partial charge in [-0.2, -0.15) is 0 Å². The Morgan fingerprint density at radius 3 is 1.29 bits per heavy atom. The van der Waals surface area contributed by atoms with Crippen molar-refractivity contribution in [3.05, 3.63) is 84.4 Å². The van der Waals surface area contributed by atoms with Gasteiger partial charge in [-0.1, -0.05) is 48.5 Å². The fourth-order valence-electron chi connectivity index (χ4n) is 3.59. The lowest BCUT2D eigenvalue weighted by atomic mass is 9.92. The minimum atomic E-state index is -0.258. The maximum absolute atomic E-state index is 14.7. The Morgan fingerprint density at radius 2 is 0.929 bits per heavy atom. The highest BCUT2D eigenvalue weighted by Crippen LogP contribution is 2.44. The van der Waals surface area contributed by atoms with Gasteiger partial charge < -0.3 is 0 Å². The van der Waals surface area contributed by atoms with Crippen LogP contribution in [0, 0.1) is 11.6 Å². The summed E-state index contributed by atoms with van der Waals surface area (Å²) in [4.78, 5) is 1.99. The van der Waals surface area contributed by atoms with Gasteiger partial charge in [0.2, 0.25) is 0 Å². The lowest BCUT2D eigenvalue weighted by Gasteiger charge is -2.18. The van der Waals surface area contributed by atoms with Crippen molar-refractivity contribution >= 4 is 34.3 Å². The third kappa shape index (κ3) is 3.21. The molecule has 4 heteroatoms. The molecule has 0 radical (unpaired) electrons. The van der Waals surface area contributed by atoms with E-state index < -0.39 is 0 Å². The fraction of sp³-hybridized carbons (Fsp3) is 0.0833. The average Bonchev–Trinajstić information content (AvgIpc) is 2.73. The van der Waals surface area contributed by atoms with Crippen LogP contribution in [0.15, 0.2) is 82.6 Å². The molecule has 0 saturated carbocycles. The number of rotatable bonds is 4. The summed E-state index contributed by atoms with van der Waals surface area (Å²) in [6.45, 7) is 0. The first-order valence-corrected chi connectivity index (χ1v) is 11.3. The topological polar surface area (TPSA) is 0 Å². The molecule has 0 heterocycles. The van der Waals surface area contributed by atoms with E-state index in [1.165, 1.54) is 12.1 Å². The van der Waals surface area contributed by atoms with Gasteiger partial charge in [0.05, 0.1) is 0 Å². The maximum atomic E-state index is 14.7. The molecule has 4 aromatic rings. The molecule has 0 spiro atoms. The molecule has 0 aliphatic heterocycles. The number of hydrogen-bond acceptors (Lipinski definition) is 2. The highest BCUT2D eigenvalue weighted by atomic mass is 32.2. The normalized spacial score (nSPS) is 11.1. The van der Waals surface area contributed by atoms with Gasteiger partial charge in [-0.3, -0.25) is 0 Å². The average molecular weight is 409 g/mol. The largest absolute Gasteiger partial charge is 0.206 e. The van der Waals surface area contributed by atoms with Gasteiger partial charge in [0, 0.05) is 32.0 Å². The van der Waals surface area contributed by atoms with Crippen molar-refractivity contribution in [2.75, 3.05) is 12.5 Å². The molecule has 140 valence electrons. The summed E-state index contributed by atoms with van der Waals surface area (Å²) < 4.78 is 29.4. The van der Waals surface area contributed by atoms with Crippen LogP contribution in [0.1, 0.15) is 0 Å². The highest BCUT2D eigenvalue weighted by Gasteiger charge is 2.18. The Bertz CT molecular complexity index is 1080. The highest BCUT2D eigenvalue weighted by molar-refractivity contribution is 7.99. The van der Waals surface area contributed by atoms with E-state index in [4.69, 9.17) is 0 Å². The first-order chi connectivity index (χ1) is 13.7. The molecule has 4 aromatic carbocycles. The van der Waals surface area contributed by atoms with Crippen LogP contribution in [0.4, 0.5) is 8.78 Å². The van der Waals surface area contributed by atoms with Gasteiger partial charge in [-0.05, 0) is 47.5 Å². The summed E-state index contributed by atoms with van der Waals surface area (Å²) in [7, 11) is 0. The van der Waals surface area contributed by atoms with E-state index in [1.54, 1.807) is 47.8 Å². The SMILES string of the molecule is CSc1ccc2c(-c3ccccc3F)c(SC)ccc2c1-c1ccccc1F. The van der Waals surface area contributed by atoms with Crippen LogP contribution in [0.3, 0.4) is 0 Å². The van der Waals surface area contributed by atoms with Gasteiger partial charge in [0.15, 0.2) is 0 Å². The number of halogens is 2. The van der Waals surface area contributed by atoms with Crippen molar-refractivity contribution in [2.45, 2.75) is 9.79 Å². The molecule has 0 bridgehead atoms. The predicted molar refractivity (Wildman–Crippen MR) is 118 cm³/mol. The molecule has 0 unspecified atom stereocenters. The van der Waals surface area contributed by atoms with E-state index in [1.807, 2.05) is 48.9 Å². The Kier molecular flexibility index (Phi) is 5.42. The van der Waals surface area contributed by atoms with Crippen LogP contribution in [0.5, 0.6) is 0 Å². The van der Waals surface area contributed by atoms with E-state index >= 15 is 0 Å². The van der Waals surface area contributed by atoms with Crippen molar-refractivity contribution < 1.29 is 8.78 Å². The van der Waals surface area contributed by atoms with Crippen molar-refractivity contribution in [1.29, 1.82) is 0 Å². The van der Waals surface area contributed by atoms with Crippen LogP contribution in [0.2, 0.25) is 0 Å². The summed E-state index contributed by atoms with van der Waals surface area (Å²) in [5.74, 6) is -0.515. The quantitative estimate of drug-likeness (QED) is 0.315. The third-order valence-corrected chi connectivity index (χ3v) is 6.41. The van der Waals surface area contributed by atoms with Crippen molar-refractivity contribution in [1.82, 2.24) is 0 Å². The second kappa shape index (κ2) is 7.98. The Balaban J connectivity index is 2.14. The monoisotopic (exact) mass is 408 g/mol. The Labute approximate surface area is 172 Å². The molecular weight excluding hydrogens is 390 g/mol. The molecule has 0 atom stereocenters. The van der Waals surface area contributed by atoms with Gasteiger partial charge >= 0.3 is 0 Å². The van der Waals surface area contributed by atoms with E-state index in [0.29, 0.717) is 11.1 Å². The minimum Gasteiger partial charge on any atom is -0.206 e. The molecular formula is C24H18F2S2. The third-order valence-electron chi connectivity index (χ3n) is 4.85. The fourth-order valence-corrected chi connectivity index (χ4v) is 4.85. The zero-order valence-electron chi connectivity index (χ0n) is 15.5. The lowest BCUT2D eigenvalue weighted by Crippen LogP contribution is -1.93. The van der Waals surface area contributed by atoms with Gasteiger partial charge in [-0.15, -0.1) is 23.5 Å². The molecule has 0 nitrogen and oxygen atoms in total. The number of benzene rings is 4. The van der Waals surface area contributed by atoms with Crippen LogP contribution in [-0.4, -0.2) is 12.5 Å². The molecule has 28 heavy (non-hydrogen) atoms. The lowest BCUT2D eigenvalue weighted by molar-refractivity contribution is 0.630. The Morgan fingerprint density at radius 1 is 0.536 bits per heavy atom. The van der Waals surface area contributed by atoms with Crippen molar-refractivity contribution in [3.8, 4) is 22.3 Å². The summed E-state index contributed by atoms with van der Waals surface area (Å²) in [5, 5.41) is 1.85. The van der Waals surface area contributed by atoms with E-state index in [-0.39, 0.29) is 11.6 Å². The van der Waals surface area contributed by atoms with Gasteiger partial charge in [0.1, 0.15) is 11.6 Å². The number of fused-ring (bicyclic) bond motifs is 1. The Hall–Kier alpha value is -2.30. The second-order valence-electron chi connectivity index (χ2n) is 6.34. The molecule has 0 N–H and O–H groups in total. The van der Waals surface area contributed by atoms with E-state index in [9.17, 15) is 8.78 Å². The van der Waals surface area contributed by atoms with Crippen LogP contribution in [-0.2, 0) is 0 Å². The molecule has 0 aliphatic carbocycles. The number of thioether (sulfide) groups is 2. The zero-order chi connectivity index (χ0) is 19.7. The van der Waals surface area contributed by atoms with Crippen LogP contribution in [0.25, 0.3) is 33.0 Å². The number of hydrogen-bond donors (Lipinski definition) is 0. The van der Waals surface area contributed by atoms with Crippen LogP contribution < -0.4 is 0 Å². The smallest absolute Gasteiger partial charge is 0.131 e. The summed E-state index contributed by atoms with van der Waals surface area (Å²) >= 11 is 3.17. The molecule has 4 rings (SSSR count). The molecule has 0 aromatic heterocycles. The molecule has 0 fully saturated rings. The minimum absolute atomic E-state index is 0.258. The maximum Gasteiger partial charge on any atom is 0.131 e. The molecule has 0 saturated heterocycles. The molecule has 0 amide bonds. The van der Waals surface area contributed by atoms with Gasteiger partial charge in [0.25, 0.3) is 0 Å². The zero-order valence-corrected chi connectivity index (χ0v) is 17.1. The molecule has 0 aliphatic rings. The first kappa shape index (κ1) is 19.0.